The second-order valence-electron chi connectivity index (χ2n) is 3.65. The third-order valence-corrected chi connectivity index (χ3v) is 2.75. The molecule has 0 aliphatic rings. The lowest BCUT2D eigenvalue weighted by Gasteiger charge is -2.04. The predicted octanol–water partition coefficient (Wildman–Crippen LogP) is 0.634. The molecule has 2 heterocycles. The monoisotopic (exact) mass is 267 g/mol. The van der Waals surface area contributed by atoms with Crippen LogP contribution in [0.3, 0.4) is 0 Å². The highest BCUT2D eigenvalue weighted by atomic mass is 32.1. The molecule has 0 saturated heterocycles. The summed E-state index contributed by atoms with van der Waals surface area (Å²) in [4.78, 5) is 22.0. The number of amides is 1. The molecule has 0 unspecified atom stereocenters. The zero-order valence-corrected chi connectivity index (χ0v) is 10.9. The van der Waals surface area contributed by atoms with Crippen LogP contribution in [0.2, 0.25) is 0 Å². The fraction of sp³-hybridized carbons (Fsp3) is 0.400. The standard InChI is InChI=1S/C10H13N5O2S/c1-6(16)11-3-4-15-8-7(14-10(15)18)9(17-2)13-5-12-8/h5H,3-4H2,1-2H3,(H,11,16)(H,14,18). The van der Waals surface area contributed by atoms with Crippen molar-refractivity contribution in [3.63, 3.8) is 0 Å². The predicted molar refractivity (Wildman–Crippen MR) is 67.9 cm³/mol. The van der Waals surface area contributed by atoms with Crippen LogP contribution in [0.5, 0.6) is 5.88 Å². The molecule has 0 saturated carbocycles. The summed E-state index contributed by atoms with van der Waals surface area (Å²) in [6, 6.07) is 0. The van der Waals surface area contributed by atoms with Gasteiger partial charge in [-0.15, -0.1) is 0 Å². The molecule has 1 amide bonds. The van der Waals surface area contributed by atoms with Gasteiger partial charge in [0.2, 0.25) is 11.8 Å². The van der Waals surface area contributed by atoms with E-state index in [0.717, 1.165) is 0 Å². The molecule has 96 valence electrons. The molecule has 0 fully saturated rings. The summed E-state index contributed by atoms with van der Waals surface area (Å²) in [6.45, 7) is 2.50. The number of rotatable bonds is 4. The quantitative estimate of drug-likeness (QED) is 0.794. The van der Waals surface area contributed by atoms with E-state index in [9.17, 15) is 4.79 Å². The Balaban J connectivity index is 2.36. The van der Waals surface area contributed by atoms with E-state index in [2.05, 4.69) is 20.3 Å². The number of ether oxygens (including phenoxy) is 1. The van der Waals surface area contributed by atoms with Gasteiger partial charge in [0.05, 0.1) is 7.11 Å². The molecule has 2 rings (SSSR count). The van der Waals surface area contributed by atoms with Crippen LogP contribution in [-0.2, 0) is 11.3 Å². The van der Waals surface area contributed by atoms with E-state index in [1.165, 1.54) is 20.4 Å². The molecule has 2 N–H and O–H groups in total. The number of carbonyl (C=O) groups is 1. The molecular weight excluding hydrogens is 254 g/mol. The molecule has 0 radical (unpaired) electrons. The molecule has 0 aliphatic carbocycles. The van der Waals surface area contributed by atoms with Crippen LogP contribution in [-0.4, -0.2) is 39.1 Å². The lowest BCUT2D eigenvalue weighted by atomic mass is 10.5. The van der Waals surface area contributed by atoms with Gasteiger partial charge in [-0.3, -0.25) is 9.36 Å². The number of carbonyl (C=O) groups excluding carboxylic acids is 1. The third-order valence-electron chi connectivity index (χ3n) is 2.43. The minimum Gasteiger partial charge on any atom is -0.479 e. The van der Waals surface area contributed by atoms with Gasteiger partial charge in [-0.05, 0) is 12.2 Å². The Hall–Kier alpha value is -1.96. The maximum Gasteiger partial charge on any atom is 0.242 e. The van der Waals surface area contributed by atoms with Crippen LogP contribution in [0.1, 0.15) is 6.92 Å². The molecule has 18 heavy (non-hydrogen) atoms. The number of hydrogen-bond acceptors (Lipinski definition) is 5. The Bertz CT molecular complexity index is 633. The summed E-state index contributed by atoms with van der Waals surface area (Å²) < 4.78 is 7.45. The summed E-state index contributed by atoms with van der Waals surface area (Å²) >= 11 is 5.21. The van der Waals surface area contributed by atoms with Crippen LogP contribution < -0.4 is 10.1 Å². The first kappa shape index (κ1) is 12.5. The summed E-state index contributed by atoms with van der Waals surface area (Å²) in [5.74, 6) is 0.373. The summed E-state index contributed by atoms with van der Waals surface area (Å²) in [5, 5.41) is 2.71. The number of fused-ring (bicyclic) bond motifs is 1. The van der Waals surface area contributed by atoms with Gasteiger partial charge in [0.1, 0.15) is 11.8 Å². The molecule has 0 aliphatic heterocycles. The second kappa shape index (κ2) is 5.13. The van der Waals surface area contributed by atoms with Crippen molar-refractivity contribution in [3.05, 3.63) is 11.1 Å². The number of H-pyrrole nitrogens is 1. The van der Waals surface area contributed by atoms with Crippen molar-refractivity contribution in [2.45, 2.75) is 13.5 Å². The van der Waals surface area contributed by atoms with Crippen molar-refractivity contribution in [2.24, 2.45) is 0 Å². The zero-order chi connectivity index (χ0) is 13.1. The summed E-state index contributed by atoms with van der Waals surface area (Å²) in [7, 11) is 1.54. The topological polar surface area (TPSA) is 84.8 Å². The molecule has 2 aromatic heterocycles. The Morgan fingerprint density at radius 1 is 1.61 bits per heavy atom. The number of methoxy groups -OCH3 is 1. The molecule has 0 atom stereocenters. The molecule has 7 nitrogen and oxygen atoms in total. The van der Waals surface area contributed by atoms with Crippen molar-refractivity contribution < 1.29 is 9.53 Å². The average molecular weight is 267 g/mol. The van der Waals surface area contributed by atoms with E-state index in [1.807, 2.05) is 0 Å². The Morgan fingerprint density at radius 2 is 2.39 bits per heavy atom. The molecule has 0 aromatic carbocycles. The third kappa shape index (κ3) is 2.33. The van der Waals surface area contributed by atoms with Crippen molar-refractivity contribution in [1.29, 1.82) is 0 Å². The lowest BCUT2D eigenvalue weighted by molar-refractivity contribution is -0.118. The maximum atomic E-state index is 10.8. The van der Waals surface area contributed by atoms with Crippen LogP contribution in [0, 0.1) is 4.77 Å². The fourth-order valence-corrected chi connectivity index (χ4v) is 1.93. The molecule has 2 aromatic rings. The number of aromatic nitrogens is 4. The normalized spacial score (nSPS) is 10.6. The Labute approximate surface area is 108 Å². The second-order valence-corrected chi connectivity index (χ2v) is 4.03. The van der Waals surface area contributed by atoms with Crippen LogP contribution in [0.25, 0.3) is 11.2 Å². The first-order valence-electron chi connectivity index (χ1n) is 5.35. The molecule has 0 spiro atoms. The largest absolute Gasteiger partial charge is 0.479 e. The van der Waals surface area contributed by atoms with E-state index in [0.29, 0.717) is 34.9 Å². The number of imidazole rings is 1. The highest BCUT2D eigenvalue weighted by molar-refractivity contribution is 7.71. The Morgan fingerprint density at radius 3 is 3.06 bits per heavy atom. The fourth-order valence-electron chi connectivity index (χ4n) is 1.65. The van der Waals surface area contributed by atoms with Crippen LogP contribution in [0.4, 0.5) is 0 Å². The first-order valence-corrected chi connectivity index (χ1v) is 5.76. The van der Waals surface area contributed by atoms with E-state index in [-0.39, 0.29) is 5.91 Å². The first-order chi connectivity index (χ1) is 8.63. The number of aromatic amines is 1. The van der Waals surface area contributed by atoms with Gasteiger partial charge < -0.3 is 15.0 Å². The van der Waals surface area contributed by atoms with Gasteiger partial charge in [-0.1, -0.05) is 0 Å². The van der Waals surface area contributed by atoms with Gasteiger partial charge in [-0.25, -0.2) is 4.98 Å². The smallest absolute Gasteiger partial charge is 0.242 e. The number of nitrogens with one attached hydrogen (secondary N) is 2. The SMILES string of the molecule is COc1ncnc2c1[nH]c(=S)n2CCNC(C)=O. The Kier molecular flexibility index (Phi) is 3.56. The summed E-state index contributed by atoms with van der Waals surface area (Å²) in [5.41, 5.74) is 1.32. The van der Waals surface area contributed by atoms with Gasteiger partial charge in [-0.2, -0.15) is 4.98 Å². The van der Waals surface area contributed by atoms with Crippen LogP contribution in [0.15, 0.2) is 6.33 Å². The highest BCUT2D eigenvalue weighted by Crippen LogP contribution is 2.19. The summed E-state index contributed by atoms with van der Waals surface area (Å²) in [6.07, 6.45) is 1.42. The van der Waals surface area contributed by atoms with Crippen molar-refractivity contribution in [3.8, 4) is 5.88 Å². The van der Waals surface area contributed by atoms with Gasteiger partial charge in [0.25, 0.3) is 0 Å². The minimum absolute atomic E-state index is 0.0754. The van der Waals surface area contributed by atoms with Crippen LogP contribution >= 0.6 is 12.2 Å². The van der Waals surface area contributed by atoms with E-state index < -0.39 is 0 Å². The van der Waals surface area contributed by atoms with Gasteiger partial charge >= 0.3 is 0 Å². The maximum absolute atomic E-state index is 10.8. The van der Waals surface area contributed by atoms with Gasteiger partial charge in [0, 0.05) is 20.0 Å². The number of nitrogens with zero attached hydrogens (tertiary/aromatic N) is 3. The molecule has 8 heteroatoms. The zero-order valence-electron chi connectivity index (χ0n) is 10.1. The van der Waals surface area contributed by atoms with E-state index in [4.69, 9.17) is 17.0 Å². The average Bonchev–Trinajstić information content (AvgIpc) is 2.65. The number of hydrogen-bond donors (Lipinski definition) is 2. The van der Waals surface area contributed by atoms with E-state index in [1.54, 1.807) is 4.57 Å². The van der Waals surface area contributed by atoms with Crippen molar-refractivity contribution in [2.75, 3.05) is 13.7 Å². The minimum atomic E-state index is -0.0754. The van der Waals surface area contributed by atoms with Crippen molar-refractivity contribution >= 4 is 29.3 Å². The van der Waals surface area contributed by atoms with Gasteiger partial charge in [0.15, 0.2) is 10.4 Å². The van der Waals surface area contributed by atoms with E-state index >= 15 is 0 Å². The van der Waals surface area contributed by atoms with Crippen molar-refractivity contribution in [1.82, 2.24) is 24.8 Å². The molecule has 0 bridgehead atoms. The molecular formula is C10H13N5O2S. The highest BCUT2D eigenvalue weighted by Gasteiger charge is 2.10. The lowest BCUT2D eigenvalue weighted by Crippen LogP contribution is -2.24.